The first-order valence-corrected chi connectivity index (χ1v) is 6.89. The van der Waals surface area contributed by atoms with Crippen LogP contribution in [0.1, 0.15) is 5.56 Å². The number of nitrogens with zero attached hydrogens (tertiary/aromatic N) is 1. The Morgan fingerprint density at radius 3 is 2.86 bits per heavy atom. The molecule has 3 N–H and O–H groups in total. The van der Waals surface area contributed by atoms with Gasteiger partial charge in [-0.2, -0.15) is 0 Å². The van der Waals surface area contributed by atoms with Gasteiger partial charge < -0.3 is 25.1 Å². The number of H-pyrrole nitrogens is 1. The fourth-order valence-corrected chi connectivity index (χ4v) is 2.05. The van der Waals surface area contributed by atoms with Gasteiger partial charge in [-0.05, 0) is 30.3 Å². The molecule has 0 fully saturated rings. The highest BCUT2D eigenvalue weighted by molar-refractivity contribution is 7.80. The predicted molar refractivity (Wildman–Crippen MR) is 86.1 cm³/mol. The van der Waals surface area contributed by atoms with E-state index in [0.717, 1.165) is 23.5 Å². The van der Waals surface area contributed by atoms with Crippen LogP contribution in [0.25, 0.3) is 0 Å². The van der Waals surface area contributed by atoms with Crippen molar-refractivity contribution in [3.8, 4) is 11.5 Å². The molecule has 0 amide bonds. The lowest BCUT2D eigenvalue weighted by molar-refractivity contribution is 0.391. The number of benzene rings is 1. The number of hydrogen-bond acceptors (Lipinski definition) is 4. The van der Waals surface area contributed by atoms with Crippen molar-refractivity contribution in [1.82, 2.24) is 15.3 Å². The first kappa shape index (κ1) is 15.1. The zero-order valence-electron chi connectivity index (χ0n) is 12.0. The number of imidazole rings is 1. The molecule has 112 valence electrons. The third-order valence-corrected chi connectivity index (χ3v) is 3.15. The smallest absolute Gasteiger partial charge is 0.206 e. The van der Waals surface area contributed by atoms with Crippen LogP contribution >= 0.6 is 12.2 Å². The average molecular weight is 306 g/mol. The van der Waals surface area contributed by atoms with Crippen LogP contribution in [0.3, 0.4) is 0 Å². The number of rotatable bonds is 6. The highest BCUT2D eigenvalue weighted by atomic mass is 32.1. The van der Waals surface area contributed by atoms with E-state index in [1.807, 2.05) is 18.2 Å². The molecule has 0 aliphatic heterocycles. The number of thiocarbonyl (C=S) groups is 1. The van der Waals surface area contributed by atoms with Crippen LogP contribution in [0.4, 0.5) is 5.95 Å². The molecule has 0 unspecified atom stereocenters. The van der Waals surface area contributed by atoms with Crippen LogP contribution in [0.15, 0.2) is 30.6 Å². The minimum Gasteiger partial charge on any atom is -0.497 e. The molecular formula is C14H18N4O2S. The second-order valence-electron chi connectivity index (χ2n) is 4.25. The van der Waals surface area contributed by atoms with Gasteiger partial charge in [0.15, 0.2) is 5.11 Å². The molecule has 0 radical (unpaired) electrons. The molecule has 1 heterocycles. The monoisotopic (exact) mass is 306 g/mol. The van der Waals surface area contributed by atoms with Crippen LogP contribution < -0.4 is 20.1 Å². The summed E-state index contributed by atoms with van der Waals surface area (Å²) in [5, 5.41) is 6.61. The molecule has 1 aromatic heterocycles. The van der Waals surface area contributed by atoms with E-state index in [0.29, 0.717) is 17.6 Å². The summed E-state index contributed by atoms with van der Waals surface area (Å²) in [7, 11) is 3.28. The molecule has 6 nitrogen and oxygen atoms in total. The summed E-state index contributed by atoms with van der Waals surface area (Å²) in [6.45, 7) is 0.690. The number of nitrogens with one attached hydrogen (secondary N) is 3. The van der Waals surface area contributed by atoms with Gasteiger partial charge >= 0.3 is 0 Å². The molecule has 0 bridgehead atoms. The number of anilines is 1. The summed E-state index contributed by atoms with van der Waals surface area (Å²) in [5.41, 5.74) is 1.09. The van der Waals surface area contributed by atoms with E-state index in [2.05, 4.69) is 20.6 Å². The molecule has 1 aromatic carbocycles. The molecule has 0 aliphatic rings. The summed E-state index contributed by atoms with van der Waals surface area (Å²) in [5.74, 6) is 2.20. The van der Waals surface area contributed by atoms with Gasteiger partial charge in [0.05, 0.1) is 14.2 Å². The summed E-state index contributed by atoms with van der Waals surface area (Å²) in [4.78, 5) is 6.96. The van der Waals surface area contributed by atoms with Crippen LogP contribution in [-0.2, 0) is 6.42 Å². The molecule has 0 aliphatic carbocycles. The number of ether oxygens (including phenoxy) is 2. The van der Waals surface area contributed by atoms with E-state index < -0.39 is 0 Å². The SMILES string of the molecule is COc1ccc(CCNC(=S)Nc2ncc[nH]2)c(OC)c1. The largest absolute Gasteiger partial charge is 0.497 e. The molecule has 7 heteroatoms. The lowest BCUT2D eigenvalue weighted by atomic mass is 10.1. The van der Waals surface area contributed by atoms with Crippen molar-refractivity contribution in [2.45, 2.75) is 6.42 Å². The van der Waals surface area contributed by atoms with E-state index in [1.54, 1.807) is 26.6 Å². The maximum atomic E-state index is 5.36. The molecule has 2 aromatic rings. The molecular weight excluding hydrogens is 288 g/mol. The van der Waals surface area contributed by atoms with Gasteiger partial charge in [-0.25, -0.2) is 4.98 Å². The van der Waals surface area contributed by atoms with E-state index >= 15 is 0 Å². The normalized spacial score (nSPS) is 10.0. The summed E-state index contributed by atoms with van der Waals surface area (Å²) in [6, 6.07) is 5.77. The number of methoxy groups -OCH3 is 2. The molecule has 0 atom stereocenters. The zero-order valence-corrected chi connectivity index (χ0v) is 12.8. The van der Waals surface area contributed by atoms with Crippen LogP contribution in [0, 0.1) is 0 Å². The van der Waals surface area contributed by atoms with Crippen molar-refractivity contribution in [3.63, 3.8) is 0 Å². The zero-order chi connectivity index (χ0) is 15.1. The maximum Gasteiger partial charge on any atom is 0.206 e. The summed E-state index contributed by atoms with van der Waals surface area (Å²) >= 11 is 5.18. The fourth-order valence-electron chi connectivity index (χ4n) is 1.85. The van der Waals surface area contributed by atoms with E-state index in [4.69, 9.17) is 21.7 Å². The van der Waals surface area contributed by atoms with Gasteiger partial charge in [-0.3, -0.25) is 0 Å². The van der Waals surface area contributed by atoms with E-state index in [-0.39, 0.29) is 0 Å². The Bertz CT molecular complexity index is 587. The van der Waals surface area contributed by atoms with Crippen molar-refractivity contribution in [3.05, 3.63) is 36.2 Å². The van der Waals surface area contributed by atoms with E-state index in [1.165, 1.54) is 0 Å². The molecule has 2 rings (SSSR count). The van der Waals surface area contributed by atoms with Gasteiger partial charge in [0, 0.05) is 25.0 Å². The third-order valence-electron chi connectivity index (χ3n) is 2.90. The Kier molecular flexibility index (Phi) is 5.39. The van der Waals surface area contributed by atoms with Gasteiger partial charge in [0.25, 0.3) is 0 Å². The number of hydrogen-bond donors (Lipinski definition) is 3. The van der Waals surface area contributed by atoms with Gasteiger partial charge in [-0.15, -0.1) is 0 Å². The van der Waals surface area contributed by atoms with Crippen molar-refractivity contribution in [2.24, 2.45) is 0 Å². The lowest BCUT2D eigenvalue weighted by Crippen LogP contribution is -2.30. The minimum atomic E-state index is 0.525. The van der Waals surface area contributed by atoms with Gasteiger partial charge in [0.1, 0.15) is 11.5 Å². The minimum absolute atomic E-state index is 0.525. The Hall–Kier alpha value is -2.28. The molecule has 21 heavy (non-hydrogen) atoms. The maximum absolute atomic E-state index is 5.36. The first-order chi connectivity index (χ1) is 10.2. The molecule has 0 spiro atoms. The predicted octanol–water partition coefficient (Wildman–Crippen LogP) is 1.96. The van der Waals surface area contributed by atoms with E-state index in [9.17, 15) is 0 Å². The van der Waals surface area contributed by atoms with Crippen molar-refractivity contribution in [2.75, 3.05) is 26.1 Å². The van der Waals surface area contributed by atoms with Crippen molar-refractivity contribution >= 4 is 23.3 Å². The second-order valence-corrected chi connectivity index (χ2v) is 4.65. The van der Waals surface area contributed by atoms with Crippen molar-refractivity contribution < 1.29 is 9.47 Å². The topological polar surface area (TPSA) is 71.2 Å². The highest BCUT2D eigenvalue weighted by Gasteiger charge is 2.05. The first-order valence-electron chi connectivity index (χ1n) is 6.48. The standard InChI is InChI=1S/C14H18N4O2S/c1-19-11-4-3-10(12(9-11)20-2)5-6-17-14(21)18-13-15-7-8-16-13/h3-4,7-9H,5-6H2,1-2H3,(H3,15,16,17,18,21). The Balaban J connectivity index is 1.84. The van der Waals surface area contributed by atoms with Gasteiger partial charge in [0.2, 0.25) is 5.95 Å². The highest BCUT2D eigenvalue weighted by Crippen LogP contribution is 2.24. The summed E-state index contributed by atoms with van der Waals surface area (Å²) < 4.78 is 10.5. The van der Waals surface area contributed by atoms with Gasteiger partial charge in [-0.1, -0.05) is 6.07 Å². The van der Waals surface area contributed by atoms with Crippen LogP contribution in [0.5, 0.6) is 11.5 Å². The number of aromatic amines is 1. The average Bonchev–Trinajstić information content (AvgIpc) is 3.00. The Labute approximate surface area is 128 Å². The van der Waals surface area contributed by atoms with Crippen LogP contribution in [-0.4, -0.2) is 35.8 Å². The Morgan fingerprint density at radius 2 is 2.19 bits per heavy atom. The quantitative estimate of drug-likeness (QED) is 0.709. The molecule has 0 saturated heterocycles. The van der Waals surface area contributed by atoms with Crippen LogP contribution in [0.2, 0.25) is 0 Å². The number of aromatic nitrogens is 2. The Morgan fingerprint density at radius 1 is 1.33 bits per heavy atom. The second kappa shape index (κ2) is 7.49. The third kappa shape index (κ3) is 4.35. The van der Waals surface area contributed by atoms with Crippen molar-refractivity contribution in [1.29, 1.82) is 0 Å². The fraction of sp³-hybridized carbons (Fsp3) is 0.286. The lowest BCUT2D eigenvalue weighted by Gasteiger charge is -2.12. The molecule has 0 saturated carbocycles. The summed E-state index contributed by atoms with van der Waals surface area (Å²) in [6.07, 6.45) is 4.17.